The van der Waals surface area contributed by atoms with Crippen LogP contribution in [0.4, 0.5) is 15.9 Å². The van der Waals surface area contributed by atoms with Crippen molar-refractivity contribution in [3.8, 4) is 0 Å². The summed E-state index contributed by atoms with van der Waals surface area (Å²) in [6.07, 6.45) is 3.75. The molecule has 6 nitrogen and oxygen atoms in total. The Morgan fingerprint density at radius 2 is 2.18 bits per heavy atom. The number of hydrogen-bond acceptors (Lipinski definition) is 4. The fourth-order valence-electron chi connectivity index (χ4n) is 2.28. The second-order valence-corrected chi connectivity index (χ2v) is 4.84. The number of aromatic amines is 1. The van der Waals surface area contributed by atoms with E-state index in [4.69, 9.17) is 0 Å². The van der Waals surface area contributed by atoms with Crippen LogP contribution in [0.5, 0.6) is 0 Å². The molecular weight excluding hydrogens is 287 g/mol. The molecule has 0 aliphatic heterocycles. The number of H-pyrrole nitrogens is 1. The summed E-state index contributed by atoms with van der Waals surface area (Å²) in [4.78, 5) is 17.1. The molecule has 0 saturated heterocycles. The number of pyridine rings is 1. The highest BCUT2D eigenvalue weighted by Crippen LogP contribution is 2.20. The number of nitrogens with zero attached hydrogens (tertiary/aromatic N) is 2. The number of halogens is 1. The van der Waals surface area contributed by atoms with Crippen molar-refractivity contribution in [2.75, 3.05) is 11.9 Å². The van der Waals surface area contributed by atoms with Crippen LogP contribution in [0.1, 0.15) is 5.56 Å². The lowest BCUT2D eigenvalue weighted by atomic mass is 10.1. The molecule has 7 heteroatoms. The fraction of sp³-hybridized carbons (Fsp3) is 0.133. The molecule has 3 aromatic rings. The first-order valence-corrected chi connectivity index (χ1v) is 6.73. The first-order chi connectivity index (χ1) is 10.6. The molecule has 22 heavy (non-hydrogen) atoms. The third-order valence-electron chi connectivity index (χ3n) is 3.39. The predicted octanol–water partition coefficient (Wildman–Crippen LogP) is 3.26. The SMILES string of the molecule is O=[N+]([O-])c1ccc(NCCc2c[nH]c3ccc(F)cc23)nc1. The molecular formula is C15H13FN4O2. The van der Waals surface area contributed by atoms with E-state index >= 15 is 0 Å². The van der Waals surface area contributed by atoms with Gasteiger partial charge in [-0.15, -0.1) is 0 Å². The maximum Gasteiger partial charge on any atom is 0.287 e. The van der Waals surface area contributed by atoms with Gasteiger partial charge in [-0.3, -0.25) is 10.1 Å². The van der Waals surface area contributed by atoms with Crippen molar-refractivity contribution in [3.63, 3.8) is 0 Å². The predicted molar refractivity (Wildman–Crippen MR) is 81.3 cm³/mol. The zero-order valence-electron chi connectivity index (χ0n) is 11.5. The second-order valence-electron chi connectivity index (χ2n) is 4.84. The Balaban J connectivity index is 1.64. The van der Waals surface area contributed by atoms with Crippen LogP contribution in [-0.2, 0) is 6.42 Å². The van der Waals surface area contributed by atoms with Crippen LogP contribution in [0.15, 0.2) is 42.7 Å². The number of fused-ring (bicyclic) bond motifs is 1. The molecule has 2 N–H and O–H groups in total. The molecule has 2 heterocycles. The quantitative estimate of drug-likeness (QED) is 0.559. The van der Waals surface area contributed by atoms with E-state index in [1.54, 1.807) is 12.1 Å². The Labute approximate surface area is 125 Å². The summed E-state index contributed by atoms with van der Waals surface area (Å²) < 4.78 is 13.3. The number of nitrogens with one attached hydrogen (secondary N) is 2. The topological polar surface area (TPSA) is 83.9 Å². The molecule has 0 bridgehead atoms. The summed E-state index contributed by atoms with van der Waals surface area (Å²) in [5.41, 5.74) is 1.85. The van der Waals surface area contributed by atoms with Crippen LogP contribution in [0, 0.1) is 15.9 Å². The fourth-order valence-corrected chi connectivity index (χ4v) is 2.28. The van der Waals surface area contributed by atoms with E-state index in [9.17, 15) is 14.5 Å². The van der Waals surface area contributed by atoms with Crippen molar-refractivity contribution in [3.05, 3.63) is 64.2 Å². The molecule has 0 aliphatic carbocycles. The van der Waals surface area contributed by atoms with Crippen molar-refractivity contribution in [2.45, 2.75) is 6.42 Å². The van der Waals surface area contributed by atoms with Gasteiger partial charge in [-0.2, -0.15) is 0 Å². The van der Waals surface area contributed by atoms with Crippen LogP contribution in [0.2, 0.25) is 0 Å². The molecule has 3 rings (SSSR count). The molecule has 0 fully saturated rings. The van der Waals surface area contributed by atoms with E-state index in [-0.39, 0.29) is 11.5 Å². The number of aromatic nitrogens is 2. The summed E-state index contributed by atoms with van der Waals surface area (Å²) in [5.74, 6) is 0.301. The summed E-state index contributed by atoms with van der Waals surface area (Å²) in [5, 5.41) is 14.5. The molecule has 0 radical (unpaired) electrons. The average Bonchev–Trinajstić information content (AvgIpc) is 2.90. The standard InChI is InChI=1S/C15H13FN4O2/c16-11-1-3-14-13(7-11)10(8-18-14)5-6-17-15-4-2-12(9-19-15)20(21)22/h1-4,7-9,18H,5-6H2,(H,17,19). The van der Waals surface area contributed by atoms with Crippen LogP contribution in [0.25, 0.3) is 10.9 Å². The van der Waals surface area contributed by atoms with Gasteiger partial charge in [-0.25, -0.2) is 9.37 Å². The summed E-state index contributed by atoms with van der Waals surface area (Å²) in [6.45, 7) is 0.592. The zero-order chi connectivity index (χ0) is 15.5. The summed E-state index contributed by atoms with van der Waals surface area (Å²) in [6, 6.07) is 7.59. The molecule has 0 atom stereocenters. The highest BCUT2D eigenvalue weighted by molar-refractivity contribution is 5.83. The largest absolute Gasteiger partial charge is 0.370 e. The van der Waals surface area contributed by atoms with Crippen molar-refractivity contribution < 1.29 is 9.31 Å². The Morgan fingerprint density at radius 3 is 2.91 bits per heavy atom. The monoisotopic (exact) mass is 300 g/mol. The van der Waals surface area contributed by atoms with Gasteiger partial charge in [0.05, 0.1) is 4.92 Å². The van der Waals surface area contributed by atoms with Gasteiger partial charge in [0, 0.05) is 29.7 Å². The molecule has 2 aromatic heterocycles. The molecule has 0 unspecified atom stereocenters. The van der Waals surface area contributed by atoms with Gasteiger partial charge >= 0.3 is 0 Å². The van der Waals surface area contributed by atoms with Crippen LogP contribution in [0.3, 0.4) is 0 Å². The Bertz CT molecular complexity index is 814. The third kappa shape index (κ3) is 2.88. The van der Waals surface area contributed by atoms with Gasteiger partial charge in [0.25, 0.3) is 5.69 Å². The lowest BCUT2D eigenvalue weighted by Gasteiger charge is -2.04. The minimum Gasteiger partial charge on any atom is -0.370 e. The maximum atomic E-state index is 13.3. The van der Waals surface area contributed by atoms with Gasteiger partial charge in [0.2, 0.25) is 0 Å². The van der Waals surface area contributed by atoms with Crippen molar-refractivity contribution in [1.29, 1.82) is 0 Å². The molecule has 112 valence electrons. The molecule has 0 saturated carbocycles. The molecule has 1 aromatic carbocycles. The molecule has 0 aliphatic rings. The average molecular weight is 300 g/mol. The van der Waals surface area contributed by atoms with E-state index in [1.165, 1.54) is 24.4 Å². The first-order valence-electron chi connectivity index (χ1n) is 6.73. The molecule has 0 amide bonds. The van der Waals surface area contributed by atoms with Gasteiger partial charge in [0.15, 0.2) is 0 Å². The van der Waals surface area contributed by atoms with Crippen LogP contribution < -0.4 is 5.32 Å². The number of rotatable bonds is 5. The zero-order valence-corrected chi connectivity index (χ0v) is 11.5. The van der Waals surface area contributed by atoms with Gasteiger partial charge in [-0.1, -0.05) is 0 Å². The van der Waals surface area contributed by atoms with Gasteiger partial charge in [0.1, 0.15) is 17.8 Å². The smallest absolute Gasteiger partial charge is 0.287 e. The minimum atomic E-state index is -0.489. The first kappa shape index (κ1) is 14.0. The maximum absolute atomic E-state index is 13.3. The normalized spacial score (nSPS) is 10.8. The van der Waals surface area contributed by atoms with E-state index in [0.717, 1.165) is 16.5 Å². The number of nitro groups is 1. The lowest BCUT2D eigenvalue weighted by molar-refractivity contribution is -0.385. The Morgan fingerprint density at radius 1 is 1.32 bits per heavy atom. The lowest BCUT2D eigenvalue weighted by Crippen LogP contribution is -2.06. The number of benzene rings is 1. The van der Waals surface area contributed by atoms with E-state index in [2.05, 4.69) is 15.3 Å². The second kappa shape index (κ2) is 5.80. The Hall–Kier alpha value is -2.96. The number of hydrogen-bond donors (Lipinski definition) is 2. The van der Waals surface area contributed by atoms with Gasteiger partial charge in [-0.05, 0) is 36.2 Å². The summed E-state index contributed by atoms with van der Waals surface area (Å²) in [7, 11) is 0. The third-order valence-corrected chi connectivity index (χ3v) is 3.39. The summed E-state index contributed by atoms with van der Waals surface area (Å²) >= 11 is 0. The highest BCUT2D eigenvalue weighted by atomic mass is 19.1. The van der Waals surface area contributed by atoms with Crippen molar-refractivity contribution >= 4 is 22.4 Å². The van der Waals surface area contributed by atoms with Gasteiger partial charge < -0.3 is 10.3 Å². The van der Waals surface area contributed by atoms with Crippen molar-refractivity contribution in [1.82, 2.24) is 9.97 Å². The minimum absolute atomic E-state index is 0.0438. The van der Waals surface area contributed by atoms with Crippen molar-refractivity contribution in [2.24, 2.45) is 0 Å². The number of anilines is 1. The van der Waals surface area contributed by atoms with Crippen LogP contribution >= 0.6 is 0 Å². The Kier molecular flexibility index (Phi) is 3.69. The van der Waals surface area contributed by atoms with Crippen LogP contribution in [-0.4, -0.2) is 21.4 Å². The van der Waals surface area contributed by atoms with E-state index in [1.807, 2.05) is 6.20 Å². The van der Waals surface area contributed by atoms with E-state index < -0.39 is 4.92 Å². The highest BCUT2D eigenvalue weighted by Gasteiger charge is 2.06. The molecule has 0 spiro atoms. The van der Waals surface area contributed by atoms with E-state index in [0.29, 0.717) is 18.8 Å².